The van der Waals surface area contributed by atoms with Gasteiger partial charge in [-0.25, -0.2) is 36.5 Å². The van der Waals surface area contributed by atoms with Crippen molar-refractivity contribution in [3.8, 4) is 0 Å². The fraction of sp³-hybridized carbons (Fsp3) is 0.556. The molecule has 0 amide bonds. The summed E-state index contributed by atoms with van der Waals surface area (Å²) >= 11 is 0. The molecule has 0 aliphatic heterocycles. The van der Waals surface area contributed by atoms with Crippen molar-refractivity contribution in [3.05, 3.63) is 95.8 Å². The van der Waals surface area contributed by atoms with E-state index < -0.39 is 0 Å². The van der Waals surface area contributed by atoms with Crippen molar-refractivity contribution in [2.75, 3.05) is 0 Å². The fourth-order valence-corrected chi connectivity index (χ4v) is 1.02. The van der Waals surface area contributed by atoms with Gasteiger partial charge in [-0.15, -0.1) is 43.4 Å². The molecular formula is C27H47Cl8N4V3-3. The third-order valence-corrected chi connectivity index (χ3v) is 1.76. The first-order chi connectivity index (χ1) is 14.4. The van der Waals surface area contributed by atoms with Crippen LogP contribution in [0.2, 0.25) is 0 Å². The molecule has 4 N–H and O–H groups in total. The number of hydrogen-bond donors (Lipinski definition) is 0. The van der Waals surface area contributed by atoms with Crippen molar-refractivity contribution in [3.63, 3.8) is 0 Å². The molecule has 3 rings (SSSR count). The van der Waals surface area contributed by atoms with Crippen molar-refractivity contribution in [1.82, 2.24) is 0 Å². The Bertz CT molecular complexity index is 406. The molecule has 0 bridgehead atoms. The van der Waals surface area contributed by atoms with E-state index >= 15 is 0 Å². The number of halogens is 8. The average Bonchev–Trinajstić information content (AvgIpc) is 3.40. The predicted molar refractivity (Wildman–Crippen MR) is 143 cm³/mol. The van der Waals surface area contributed by atoms with Gasteiger partial charge in [0.1, 0.15) is 0 Å². The topological polar surface area (TPSA) is 95.2 Å². The van der Waals surface area contributed by atoms with E-state index in [1.807, 2.05) is 91.8 Å². The van der Waals surface area contributed by atoms with E-state index in [4.69, 9.17) is 22.9 Å². The molecule has 249 valence electrons. The molecule has 3 aliphatic rings. The second-order valence-corrected chi connectivity index (χ2v) is 7.63. The van der Waals surface area contributed by atoms with Crippen LogP contribution in [-0.2, 0) is 55.7 Å². The van der Waals surface area contributed by atoms with Crippen molar-refractivity contribution < 1.29 is 155 Å². The zero-order valence-electron chi connectivity index (χ0n) is 25.5. The standard InChI is InChI=1S/3C5H5.4C3H8N.8ClH.3V/c3*1-2-4-5-3-1;4*1-3(2)4;;;;;;;;;;;/h3*1-3H,4H2;4*3-4H,1-2H3;8*1H;;;/q7*-1;;;;;;;;;3*+4/p-8. The number of nitrogens with one attached hydrogen (secondary N) is 4. The molecular weight excluding hydrogens is 817 g/mol. The molecule has 42 heavy (non-hydrogen) atoms. The summed E-state index contributed by atoms with van der Waals surface area (Å²) in [6.45, 7) is 14.7. The summed E-state index contributed by atoms with van der Waals surface area (Å²) in [4.78, 5) is 0. The summed E-state index contributed by atoms with van der Waals surface area (Å²) in [5, 5.41) is 0. The molecule has 0 saturated heterocycles. The molecule has 0 spiro atoms. The van der Waals surface area contributed by atoms with E-state index in [1.54, 1.807) is 0 Å². The van der Waals surface area contributed by atoms with Crippen LogP contribution in [0.3, 0.4) is 0 Å². The normalized spacial score (nSPS) is 9.71. The fourth-order valence-electron chi connectivity index (χ4n) is 1.02. The molecule has 0 saturated carbocycles. The first-order valence-corrected chi connectivity index (χ1v) is 10.9. The SMILES string of the molecule is CC(C)[NH-].CC(C)[NH-].CC(C)[NH-].CC(C)[NH-].[C-]1=CC=CC1.[C-]1=CC=CC1.[C-]1=CC=CC1.[Cl-].[Cl-].[Cl-].[Cl-].[Cl-].[Cl-].[Cl-].[Cl-].[V+4].[V+4].[V+4]. The molecule has 0 fully saturated rings. The van der Waals surface area contributed by atoms with E-state index in [1.165, 1.54) is 0 Å². The van der Waals surface area contributed by atoms with Crippen LogP contribution < -0.4 is 99.3 Å². The first-order valence-electron chi connectivity index (χ1n) is 10.9. The zero-order valence-corrected chi connectivity index (χ0v) is 35.7. The molecule has 0 aromatic rings. The van der Waals surface area contributed by atoms with Gasteiger partial charge >= 0.3 is 55.7 Å². The number of rotatable bonds is 0. The quantitative estimate of drug-likeness (QED) is 0.217. The van der Waals surface area contributed by atoms with E-state index in [9.17, 15) is 0 Å². The summed E-state index contributed by atoms with van der Waals surface area (Å²) < 4.78 is 0. The van der Waals surface area contributed by atoms with Gasteiger partial charge < -0.3 is 122 Å². The monoisotopic (exact) mass is 860 g/mol. The average molecular weight is 864 g/mol. The van der Waals surface area contributed by atoms with Crippen LogP contribution in [0.1, 0.15) is 74.7 Å². The molecule has 4 nitrogen and oxygen atoms in total. The molecule has 0 heterocycles. The van der Waals surface area contributed by atoms with Crippen molar-refractivity contribution in [2.24, 2.45) is 0 Å². The van der Waals surface area contributed by atoms with Crippen LogP contribution in [0.25, 0.3) is 22.9 Å². The minimum Gasteiger partial charge on any atom is -1.00 e. The maximum atomic E-state index is 6.58. The molecule has 3 aliphatic carbocycles. The second kappa shape index (κ2) is 90.3. The van der Waals surface area contributed by atoms with Crippen LogP contribution in [0.5, 0.6) is 0 Å². The van der Waals surface area contributed by atoms with Gasteiger partial charge in [0.25, 0.3) is 0 Å². The Kier molecular flexibility index (Phi) is 208. The van der Waals surface area contributed by atoms with E-state index in [0.717, 1.165) is 19.3 Å². The molecule has 0 aromatic carbocycles. The second-order valence-electron chi connectivity index (χ2n) is 7.63. The van der Waals surface area contributed by atoms with Gasteiger partial charge in [0.05, 0.1) is 0 Å². The van der Waals surface area contributed by atoms with Gasteiger partial charge in [0, 0.05) is 0 Å². The smallest absolute Gasteiger partial charge is 1.00 e. The third kappa shape index (κ3) is 241. The van der Waals surface area contributed by atoms with Gasteiger partial charge in [-0.2, -0.15) is 18.2 Å². The number of allylic oxidation sites excluding steroid dienone is 12. The van der Waals surface area contributed by atoms with Gasteiger partial charge in [0.2, 0.25) is 0 Å². The van der Waals surface area contributed by atoms with Crippen LogP contribution >= 0.6 is 0 Å². The Morgan fingerprint density at radius 1 is 0.381 bits per heavy atom. The van der Waals surface area contributed by atoms with Crippen LogP contribution in [0.4, 0.5) is 0 Å². The van der Waals surface area contributed by atoms with Gasteiger partial charge in [-0.05, 0) is 0 Å². The van der Waals surface area contributed by atoms with Crippen LogP contribution in [0.15, 0.2) is 54.7 Å². The Morgan fingerprint density at radius 3 is 0.524 bits per heavy atom. The molecule has 15 heteroatoms. The molecule has 0 atom stereocenters. The van der Waals surface area contributed by atoms with Gasteiger partial charge in [0.15, 0.2) is 0 Å². The summed E-state index contributed by atoms with van der Waals surface area (Å²) in [6.07, 6.45) is 30.0. The van der Waals surface area contributed by atoms with Crippen LogP contribution in [-0.4, -0.2) is 24.2 Å². The van der Waals surface area contributed by atoms with Gasteiger partial charge in [-0.3, -0.25) is 18.2 Å². The first kappa shape index (κ1) is 96.8. The maximum Gasteiger partial charge on any atom is 4.00 e. The minimum absolute atomic E-state index is 0. The van der Waals surface area contributed by atoms with E-state index in [0.29, 0.717) is 0 Å². The third-order valence-electron chi connectivity index (χ3n) is 1.76. The molecule has 0 aromatic heterocycles. The Balaban J connectivity index is -0.0000000150. The number of hydrogen-bond acceptors (Lipinski definition) is 0. The van der Waals surface area contributed by atoms with Crippen molar-refractivity contribution in [2.45, 2.75) is 98.8 Å². The van der Waals surface area contributed by atoms with E-state index in [-0.39, 0.29) is 179 Å². The predicted octanol–water partition coefficient (Wildman–Crippen LogP) is -14.3. The minimum atomic E-state index is 0. The van der Waals surface area contributed by atoms with Crippen LogP contribution in [0, 0.1) is 18.2 Å². The van der Waals surface area contributed by atoms with E-state index in [2.05, 4.69) is 36.5 Å². The summed E-state index contributed by atoms with van der Waals surface area (Å²) in [6, 6.07) is 0.333. The molecule has 3 radical (unpaired) electrons. The zero-order chi connectivity index (χ0) is 24.9. The van der Waals surface area contributed by atoms with Crippen molar-refractivity contribution >= 4 is 0 Å². The molecule has 0 unspecified atom stereocenters. The Labute approximate surface area is 346 Å². The summed E-state index contributed by atoms with van der Waals surface area (Å²) in [7, 11) is 0. The Morgan fingerprint density at radius 2 is 0.500 bits per heavy atom. The Hall–Kier alpha value is 2.35. The van der Waals surface area contributed by atoms with Crippen molar-refractivity contribution in [1.29, 1.82) is 0 Å². The van der Waals surface area contributed by atoms with Gasteiger partial charge in [-0.1, -0.05) is 55.4 Å². The summed E-state index contributed by atoms with van der Waals surface area (Å²) in [5.74, 6) is 0. The summed E-state index contributed by atoms with van der Waals surface area (Å²) in [5.41, 5.74) is 26.3. The maximum absolute atomic E-state index is 6.58. The largest absolute Gasteiger partial charge is 4.00 e.